The second-order valence-electron chi connectivity index (χ2n) is 4.65. The average Bonchev–Trinajstić information content (AvgIpc) is 2.72. The Morgan fingerprint density at radius 3 is 2.42 bits per heavy atom. The molecular weight excluding hydrogens is 240 g/mol. The van der Waals surface area contributed by atoms with Crippen molar-refractivity contribution in [3.8, 4) is 11.1 Å². The molecule has 0 amide bonds. The van der Waals surface area contributed by atoms with Crippen molar-refractivity contribution in [2.24, 2.45) is 0 Å². The molecule has 1 N–H and O–H groups in total. The molecule has 0 atom stereocenters. The molecule has 0 spiro atoms. The van der Waals surface area contributed by atoms with Crippen molar-refractivity contribution < 1.29 is 14.7 Å². The SMILES string of the molecule is CC(=O)c1cc(CO)c2c(c1)-c1ccccc1C2=O. The minimum atomic E-state index is -0.247. The van der Waals surface area contributed by atoms with E-state index in [1.165, 1.54) is 6.92 Å². The van der Waals surface area contributed by atoms with Crippen LogP contribution in [0.5, 0.6) is 0 Å². The summed E-state index contributed by atoms with van der Waals surface area (Å²) in [6.45, 7) is 1.23. The number of carbonyl (C=O) groups excluding carboxylic acids is 2. The Balaban J connectivity index is 2.36. The molecule has 1 aliphatic carbocycles. The minimum absolute atomic E-state index is 0.0747. The van der Waals surface area contributed by atoms with Crippen LogP contribution in [0.15, 0.2) is 36.4 Å². The number of hydrogen-bond donors (Lipinski definition) is 1. The zero-order valence-corrected chi connectivity index (χ0v) is 10.4. The van der Waals surface area contributed by atoms with E-state index in [1.807, 2.05) is 18.2 Å². The second kappa shape index (κ2) is 4.14. The quantitative estimate of drug-likeness (QED) is 0.713. The molecule has 3 rings (SSSR count). The van der Waals surface area contributed by atoms with Gasteiger partial charge in [0.25, 0.3) is 0 Å². The second-order valence-corrected chi connectivity index (χ2v) is 4.65. The highest BCUT2D eigenvalue weighted by Gasteiger charge is 2.29. The number of rotatable bonds is 2. The van der Waals surface area contributed by atoms with E-state index in [9.17, 15) is 14.7 Å². The summed E-state index contributed by atoms with van der Waals surface area (Å²) in [4.78, 5) is 23.9. The van der Waals surface area contributed by atoms with Gasteiger partial charge in [-0.1, -0.05) is 24.3 Å². The lowest BCUT2D eigenvalue weighted by Gasteiger charge is -2.07. The maximum Gasteiger partial charge on any atom is 0.194 e. The summed E-state index contributed by atoms with van der Waals surface area (Å²) in [5.74, 6) is -0.154. The van der Waals surface area contributed by atoms with Crippen LogP contribution in [-0.2, 0) is 6.61 Å². The summed E-state index contributed by atoms with van der Waals surface area (Å²) >= 11 is 0. The molecule has 0 aromatic heterocycles. The van der Waals surface area contributed by atoms with Crippen molar-refractivity contribution >= 4 is 11.6 Å². The van der Waals surface area contributed by atoms with E-state index in [1.54, 1.807) is 18.2 Å². The lowest BCUT2D eigenvalue weighted by atomic mass is 9.96. The molecule has 0 unspecified atom stereocenters. The van der Waals surface area contributed by atoms with Crippen molar-refractivity contribution in [3.63, 3.8) is 0 Å². The van der Waals surface area contributed by atoms with E-state index in [4.69, 9.17) is 0 Å². The molecule has 0 heterocycles. The maximum atomic E-state index is 12.4. The Labute approximate surface area is 110 Å². The molecule has 0 radical (unpaired) electrons. The predicted molar refractivity (Wildman–Crippen MR) is 71.2 cm³/mol. The molecule has 0 saturated carbocycles. The third-order valence-corrected chi connectivity index (χ3v) is 3.49. The number of aliphatic hydroxyl groups is 1. The number of fused-ring (bicyclic) bond motifs is 3. The zero-order valence-electron chi connectivity index (χ0n) is 10.4. The molecule has 2 aromatic carbocycles. The fourth-order valence-corrected chi connectivity index (χ4v) is 2.56. The van der Waals surface area contributed by atoms with E-state index in [-0.39, 0.29) is 18.2 Å². The van der Waals surface area contributed by atoms with Gasteiger partial charge in [0.1, 0.15) is 0 Å². The third kappa shape index (κ3) is 1.63. The monoisotopic (exact) mass is 252 g/mol. The Morgan fingerprint density at radius 2 is 1.79 bits per heavy atom. The van der Waals surface area contributed by atoms with Gasteiger partial charge in [-0.05, 0) is 35.7 Å². The standard InChI is InChI=1S/C16H12O3/c1-9(18)10-6-11(8-17)15-14(7-10)12-4-2-3-5-13(12)16(15)19/h2-7,17H,8H2,1H3. The Kier molecular flexibility index (Phi) is 2.57. The molecule has 2 aromatic rings. The average molecular weight is 252 g/mol. The molecule has 94 valence electrons. The van der Waals surface area contributed by atoms with E-state index < -0.39 is 0 Å². The molecule has 0 fully saturated rings. The van der Waals surface area contributed by atoms with Crippen molar-refractivity contribution in [2.75, 3.05) is 0 Å². The predicted octanol–water partition coefficient (Wildman–Crippen LogP) is 2.59. The van der Waals surface area contributed by atoms with Gasteiger partial charge in [-0.3, -0.25) is 9.59 Å². The van der Waals surface area contributed by atoms with Gasteiger partial charge >= 0.3 is 0 Å². The van der Waals surface area contributed by atoms with Gasteiger partial charge < -0.3 is 5.11 Å². The van der Waals surface area contributed by atoms with Crippen LogP contribution in [0.3, 0.4) is 0 Å². The van der Waals surface area contributed by atoms with Gasteiger partial charge in [0.05, 0.1) is 6.61 Å². The summed E-state index contributed by atoms with van der Waals surface area (Å²) in [7, 11) is 0. The van der Waals surface area contributed by atoms with Gasteiger partial charge in [-0.15, -0.1) is 0 Å². The lowest BCUT2D eigenvalue weighted by Crippen LogP contribution is -2.03. The molecule has 19 heavy (non-hydrogen) atoms. The van der Waals surface area contributed by atoms with Crippen LogP contribution < -0.4 is 0 Å². The molecule has 1 aliphatic rings. The number of aliphatic hydroxyl groups excluding tert-OH is 1. The Morgan fingerprint density at radius 1 is 1.11 bits per heavy atom. The first-order chi connectivity index (χ1) is 9.13. The molecule has 0 bridgehead atoms. The van der Waals surface area contributed by atoms with Gasteiger partial charge in [0.15, 0.2) is 11.6 Å². The van der Waals surface area contributed by atoms with Gasteiger partial charge in [-0.2, -0.15) is 0 Å². The minimum Gasteiger partial charge on any atom is -0.392 e. The highest BCUT2D eigenvalue weighted by Crippen LogP contribution is 2.39. The van der Waals surface area contributed by atoms with Crippen LogP contribution in [0.4, 0.5) is 0 Å². The Hall–Kier alpha value is -2.26. The number of carbonyl (C=O) groups is 2. The van der Waals surface area contributed by atoms with Crippen LogP contribution >= 0.6 is 0 Å². The highest BCUT2D eigenvalue weighted by atomic mass is 16.3. The largest absolute Gasteiger partial charge is 0.392 e. The summed E-state index contributed by atoms with van der Waals surface area (Å²) in [5, 5.41) is 9.44. The van der Waals surface area contributed by atoms with Crippen molar-refractivity contribution in [1.82, 2.24) is 0 Å². The first-order valence-electron chi connectivity index (χ1n) is 6.06. The maximum absolute atomic E-state index is 12.4. The third-order valence-electron chi connectivity index (χ3n) is 3.49. The molecule has 3 heteroatoms. The molecule has 0 saturated heterocycles. The molecule has 3 nitrogen and oxygen atoms in total. The first kappa shape index (κ1) is 11.8. The van der Waals surface area contributed by atoms with Crippen molar-refractivity contribution in [3.05, 3.63) is 58.7 Å². The zero-order chi connectivity index (χ0) is 13.6. The Bertz CT molecular complexity index is 714. The van der Waals surface area contributed by atoms with Gasteiger partial charge in [-0.25, -0.2) is 0 Å². The molecular formula is C16H12O3. The number of benzene rings is 2. The van der Waals surface area contributed by atoms with Crippen LogP contribution in [0, 0.1) is 0 Å². The van der Waals surface area contributed by atoms with E-state index in [0.717, 1.165) is 11.1 Å². The van der Waals surface area contributed by atoms with Crippen LogP contribution in [-0.4, -0.2) is 16.7 Å². The number of Topliss-reactive ketones (excluding diaryl/α,β-unsaturated/α-hetero) is 1. The van der Waals surface area contributed by atoms with Gasteiger partial charge in [0.2, 0.25) is 0 Å². The van der Waals surface area contributed by atoms with Crippen LogP contribution in [0.1, 0.15) is 38.8 Å². The fraction of sp³-hybridized carbons (Fsp3) is 0.125. The lowest BCUT2D eigenvalue weighted by molar-refractivity contribution is 0.101. The summed E-state index contributed by atoms with van der Waals surface area (Å²) in [6.07, 6.45) is 0. The van der Waals surface area contributed by atoms with Gasteiger partial charge in [0, 0.05) is 16.7 Å². The first-order valence-corrected chi connectivity index (χ1v) is 6.06. The number of ketones is 2. The molecule has 0 aliphatic heterocycles. The fourth-order valence-electron chi connectivity index (χ4n) is 2.56. The van der Waals surface area contributed by atoms with Crippen LogP contribution in [0.25, 0.3) is 11.1 Å². The topological polar surface area (TPSA) is 54.4 Å². The highest BCUT2D eigenvalue weighted by molar-refractivity contribution is 6.23. The number of hydrogen-bond acceptors (Lipinski definition) is 3. The van der Waals surface area contributed by atoms with Crippen molar-refractivity contribution in [1.29, 1.82) is 0 Å². The summed E-state index contributed by atoms with van der Waals surface area (Å²) in [6, 6.07) is 10.6. The van der Waals surface area contributed by atoms with E-state index >= 15 is 0 Å². The smallest absolute Gasteiger partial charge is 0.194 e. The summed E-state index contributed by atoms with van der Waals surface area (Å²) in [5.41, 5.74) is 3.77. The van der Waals surface area contributed by atoms with Crippen LogP contribution in [0.2, 0.25) is 0 Å². The normalized spacial score (nSPS) is 12.2. The van der Waals surface area contributed by atoms with Crippen molar-refractivity contribution in [2.45, 2.75) is 13.5 Å². The van der Waals surface area contributed by atoms with E-state index in [2.05, 4.69) is 0 Å². The van der Waals surface area contributed by atoms with E-state index in [0.29, 0.717) is 22.3 Å². The summed E-state index contributed by atoms with van der Waals surface area (Å²) < 4.78 is 0.